The van der Waals surface area contributed by atoms with E-state index in [0.29, 0.717) is 29.7 Å². The highest BCUT2D eigenvalue weighted by molar-refractivity contribution is 7.98. The molecule has 6 nitrogen and oxygen atoms in total. The summed E-state index contributed by atoms with van der Waals surface area (Å²) in [6.45, 7) is 2.02. The van der Waals surface area contributed by atoms with E-state index in [0.717, 1.165) is 45.3 Å². The van der Waals surface area contributed by atoms with E-state index in [1.54, 1.807) is 17.8 Å². The molecule has 0 radical (unpaired) electrons. The van der Waals surface area contributed by atoms with Gasteiger partial charge in [-0.1, -0.05) is 36.4 Å². The van der Waals surface area contributed by atoms with E-state index in [2.05, 4.69) is 10.3 Å². The molecule has 42 heavy (non-hydrogen) atoms. The van der Waals surface area contributed by atoms with Crippen molar-refractivity contribution in [2.24, 2.45) is 0 Å². The fraction of sp³-hybridized carbons (Fsp3) is 0.219. The Morgan fingerprint density at radius 3 is 2.52 bits per heavy atom. The molecule has 0 bridgehead atoms. The first-order chi connectivity index (χ1) is 20.2. The van der Waals surface area contributed by atoms with Gasteiger partial charge in [0.2, 0.25) is 0 Å². The van der Waals surface area contributed by atoms with Gasteiger partial charge in [0.15, 0.2) is 0 Å². The van der Waals surface area contributed by atoms with Gasteiger partial charge in [0.25, 0.3) is 5.91 Å². The smallest absolute Gasteiger partial charge is 0.326 e. The van der Waals surface area contributed by atoms with Crippen LogP contribution in [0.4, 0.5) is 8.78 Å². The van der Waals surface area contributed by atoms with Crippen molar-refractivity contribution in [3.8, 4) is 16.9 Å². The summed E-state index contributed by atoms with van der Waals surface area (Å²) in [7, 11) is 0. The molecule has 0 unspecified atom stereocenters. The highest BCUT2D eigenvalue weighted by Gasteiger charge is 2.23. The number of aliphatic carboxylic acids is 1. The van der Waals surface area contributed by atoms with Gasteiger partial charge < -0.3 is 15.2 Å². The lowest BCUT2D eigenvalue weighted by Gasteiger charge is -2.18. The number of amides is 1. The molecule has 3 aromatic carbocycles. The lowest BCUT2D eigenvalue weighted by atomic mass is 9.92. The maximum Gasteiger partial charge on any atom is 0.326 e. The normalized spacial score (nSPS) is 12.1. The summed E-state index contributed by atoms with van der Waals surface area (Å²) in [5.41, 5.74) is 6.23. The van der Waals surface area contributed by atoms with Gasteiger partial charge in [-0.25, -0.2) is 13.6 Å². The molecule has 10 heteroatoms. The number of nitrogens with one attached hydrogen (secondary N) is 1. The number of carboxylic acids is 1. The van der Waals surface area contributed by atoms with Crippen LogP contribution < -0.4 is 10.1 Å². The number of nitrogens with zero attached hydrogens (tertiary/aromatic N) is 1. The van der Waals surface area contributed by atoms with E-state index in [1.807, 2.05) is 55.7 Å². The minimum absolute atomic E-state index is 0.0679. The van der Waals surface area contributed by atoms with Gasteiger partial charge in [0.05, 0.1) is 5.51 Å². The largest absolute Gasteiger partial charge is 0.489 e. The summed E-state index contributed by atoms with van der Waals surface area (Å²) in [5.74, 6) is -2.33. The number of aromatic nitrogens is 1. The predicted molar refractivity (Wildman–Crippen MR) is 164 cm³/mol. The Hall–Kier alpha value is -4.02. The van der Waals surface area contributed by atoms with Crippen molar-refractivity contribution in [3.05, 3.63) is 111 Å². The number of carbonyl (C=O) groups is 2. The summed E-state index contributed by atoms with van der Waals surface area (Å²) in [5, 5.41) is 12.3. The number of rotatable bonds is 13. The fourth-order valence-corrected chi connectivity index (χ4v) is 5.49. The Bertz CT molecular complexity index is 1550. The molecule has 2 N–H and O–H groups in total. The second kappa shape index (κ2) is 14.7. The number of hydrogen-bond donors (Lipinski definition) is 2. The summed E-state index contributed by atoms with van der Waals surface area (Å²) in [6.07, 6.45) is 6.25. The molecule has 0 saturated carbocycles. The predicted octanol–water partition coefficient (Wildman–Crippen LogP) is 7.04. The number of thioether (sulfide) groups is 1. The van der Waals surface area contributed by atoms with Crippen LogP contribution in [-0.4, -0.2) is 46.6 Å². The maximum absolute atomic E-state index is 13.7. The van der Waals surface area contributed by atoms with Crippen LogP contribution in [0.5, 0.6) is 5.75 Å². The summed E-state index contributed by atoms with van der Waals surface area (Å²) in [6, 6.07) is 15.1. The molecular formula is C32H30F2N2O4S2. The van der Waals surface area contributed by atoms with Crippen LogP contribution in [-0.2, 0) is 11.2 Å². The Morgan fingerprint density at radius 1 is 1.10 bits per heavy atom. The van der Waals surface area contributed by atoms with E-state index in [-0.39, 0.29) is 12.4 Å². The lowest BCUT2D eigenvalue weighted by Crippen LogP contribution is -2.41. The quantitative estimate of drug-likeness (QED) is 0.169. The molecule has 1 heterocycles. The molecule has 1 amide bonds. The number of halogens is 2. The zero-order valence-corrected chi connectivity index (χ0v) is 24.7. The molecule has 218 valence electrons. The van der Waals surface area contributed by atoms with Gasteiger partial charge in [-0.15, -0.1) is 11.3 Å². The Morgan fingerprint density at radius 2 is 1.86 bits per heavy atom. The van der Waals surface area contributed by atoms with Crippen molar-refractivity contribution in [2.75, 3.05) is 18.6 Å². The van der Waals surface area contributed by atoms with Crippen LogP contribution in [0.25, 0.3) is 17.2 Å². The number of thiazole rings is 1. The van der Waals surface area contributed by atoms with Crippen molar-refractivity contribution in [1.29, 1.82) is 0 Å². The minimum atomic E-state index is -1.08. The Kier molecular flexibility index (Phi) is 10.9. The van der Waals surface area contributed by atoms with Gasteiger partial charge in [-0.2, -0.15) is 11.8 Å². The number of benzene rings is 3. The van der Waals surface area contributed by atoms with Gasteiger partial charge in [0.1, 0.15) is 30.0 Å². The first-order valence-corrected chi connectivity index (χ1v) is 15.4. The first-order valence-electron chi connectivity index (χ1n) is 13.1. The number of hydrogen-bond acceptors (Lipinski definition) is 6. The first kappa shape index (κ1) is 30.9. The van der Waals surface area contributed by atoms with Crippen molar-refractivity contribution >= 4 is 41.1 Å². The van der Waals surface area contributed by atoms with Crippen LogP contribution in [0.3, 0.4) is 0 Å². The van der Waals surface area contributed by atoms with Crippen molar-refractivity contribution in [1.82, 2.24) is 10.3 Å². The SMILES string of the molecule is CSCC[C@H](NC(=O)c1ccc(C/C(=C/c2cncs2)COc2cc(F)cc(F)c2)cc1-c1ccccc1C)C(=O)O. The van der Waals surface area contributed by atoms with Gasteiger partial charge >= 0.3 is 5.97 Å². The zero-order valence-electron chi connectivity index (χ0n) is 23.1. The average molecular weight is 609 g/mol. The third-order valence-corrected chi connectivity index (χ3v) is 7.83. The summed E-state index contributed by atoms with van der Waals surface area (Å²) < 4.78 is 33.2. The second-order valence-corrected chi connectivity index (χ2v) is 11.5. The fourth-order valence-electron chi connectivity index (χ4n) is 4.42. The standard InChI is InChI=1S/C32H30F2N2O4S2/c1-20-5-3-4-6-27(20)29-13-21(7-8-28(29)31(37)36-30(32(38)39)9-10-41-2)11-22(12-26-17-35-19-42-26)18-40-25-15-23(33)14-24(34)16-25/h3-8,12-17,19,30H,9-11,18H2,1-2H3,(H,36,37)(H,38,39)/b22-12-/t30-/m0/s1. The number of carboxylic acid groups (broad SMARTS) is 1. The Balaban J connectivity index is 1.67. The third kappa shape index (κ3) is 8.50. The lowest BCUT2D eigenvalue weighted by molar-refractivity contribution is -0.139. The van der Waals surface area contributed by atoms with Crippen molar-refractivity contribution < 1.29 is 28.2 Å². The molecular weight excluding hydrogens is 578 g/mol. The molecule has 0 fully saturated rings. The molecule has 0 aliphatic carbocycles. The van der Waals surface area contributed by atoms with Crippen LogP contribution in [0.1, 0.15) is 32.8 Å². The van der Waals surface area contributed by atoms with E-state index >= 15 is 0 Å². The topological polar surface area (TPSA) is 88.5 Å². The minimum Gasteiger partial charge on any atom is -0.489 e. The van der Waals surface area contributed by atoms with Crippen LogP contribution in [0.15, 0.2) is 77.9 Å². The molecule has 4 aromatic rings. The highest BCUT2D eigenvalue weighted by atomic mass is 32.2. The monoisotopic (exact) mass is 608 g/mol. The van der Waals surface area contributed by atoms with Crippen LogP contribution >= 0.6 is 23.1 Å². The van der Waals surface area contributed by atoms with Crippen molar-refractivity contribution in [3.63, 3.8) is 0 Å². The summed E-state index contributed by atoms with van der Waals surface area (Å²) in [4.78, 5) is 30.2. The Labute approximate surface area is 251 Å². The number of carbonyl (C=O) groups excluding carboxylic acids is 1. The average Bonchev–Trinajstić information content (AvgIpc) is 3.46. The number of aryl methyl sites for hydroxylation is 1. The molecule has 1 aromatic heterocycles. The second-order valence-electron chi connectivity index (χ2n) is 9.62. The molecule has 4 rings (SSSR count). The molecule has 1 atom stereocenters. The highest BCUT2D eigenvalue weighted by Crippen LogP contribution is 2.30. The van der Waals surface area contributed by atoms with E-state index in [1.165, 1.54) is 23.1 Å². The van der Waals surface area contributed by atoms with Gasteiger partial charge in [0, 0.05) is 34.8 Å². The molecule has 0 saturated heterocycles. The third-order valence-electron chi connectivity index (χ3n) is 6.47. The maximum atomic E-state index is 13.7. The van der Waals surface area contributed by atoms with E-state index in [4.69, 9.17) is 4.74 Å². The van der Waals surface area contributed by atoms with Gasteiger partial charge in [-0.05, 0) is 71.7 Å². The zero-order chi connectivity index (χ0) is 30.1. The van der Waals surface area contributed by atoms with Gasteiger partial charge in [-0.3, -0.25) is 9.78 Å². The molecule has 0 spiro atoms. The van der Waals surface area contributed by atoms with Crippen LogP contribution in [0, 0.1) is 18.6 Å². The summed E-state index contributed by atoms with van der Waals surface area (Å²) >= 11 is 2.96. The van der Waals surface area contributed by atoms with Crippen molar-refractivity contribution in [2.45, 2.75) is 25.8 Å². The van der Waals surface area contributed by atoms with Crippen LogP contribution in [0.2, 0.25) is 0 Å². The molecule has 0 aliphatic heterocycles. The molecule has 0 aliphatic rings. The van der Waals surface area contributed by atoms with E-state index < -0.39 is 29.6 Å². The number of ether oxygens (including phenoxy) is 1. The van der Waals surface area contributed by atoms with E-state index in [9.17, 15) is 23.5 Å².